The largest absolute Gasteiger partial charge is 0.497 e. The molecular weight excluding hydrogens is 360 g/mol. The van der Waals surface area contributed by atoms with Gasteiger partial charge in [0.1, 0.15) is 18.4 Å². The number of halogens is 1. The van der Waals surface area contributed by atoms with Crippen LogP contribution in [0.1, 0.15) is 0 Å². The average molecular weight is 375 g/mol. The molecule has 0 atom stereocenters. The summed E-state index contributed by atoms with van der Waals surface area (Å²) in [5.41, 5.74) is 1.27. The van der Waals surface area contributed by atoms with Crippen molar-refractivity contribution in [3.63, 3.8) is 0 Å². The van der Waals surface area contributed by atoms with E-state index in [1.807, 2.05) is 24.3 Å². The predicted octanol–water partition coefficient (Wildman–Crippen LogP) is 3.66. The summed E-state index contributed by atoms with van der Waals surface area (Å²) in [6, 6.07) is 12.8. The summed E-state index contributed by atoms with van der Waals surface area (Å²) in [5.74, 6) is 0.876. The molecule has 6 nitrogen and oxygen atoms in total. The average Bonchev–Trinajstić information content (AvgIpc) is 3.15. The maximum atomic E-state index is 12.3. The van der Waals surface area contributed by atoms with Crippen molar-refractivity contribution in [3.8, 4) is 11.4 Å². The Balaban J connectivity index is 1.69. The zero-order valence-corrected chi connectivity index (χ0v) is 14.9. The van der Waals surface area contributed by atoms with Gasteiger partial charge in [-0.15, -0.1) is 11.8 Å². The van der Waals surface area contributed by atoms with Gasteiger partial charge in [-0.1, -0.05) is 17.7 Å². The molecule has 25 heavy (non-hydrogen) atoms. The van der Waals surface area contributed by atoms with Crippen LogP contribution in [-0.4, -0.2) is 33.5 Å². The summed E-state index contributed by atoms with van der Waals surface area (Å²) in [7, 11) is 1.61. The third kappa shape index (κ3) is 4.52. The zero-order chi connectivity index (χ0) is 17.6. The van der Waals surface area contributed by atoms with Crippen molar-refractivity contribution in [3.05, 3.63) is 60.1 Å². The summed E-state index contributed by atoms with van der Waals surface area (Å²) in [4.78, 5) is 17.2. The molecule has 1 aromatic heterocycles. The number of nitrogens with one attached hydrogen (secondary N) is 1. The molecule has 0 unspecified atom stereocenters. The Morgan fingerprint density at radius 1 is 1.32 bits per heavy atom. The van der Waals surface area contributed by atoms with Crippen molar-refractivity contribution >= 4 is 35.0 Å². The molecule has 3 rings (SSSR count). The van der Waals surface area contributed by atoms with Crippen LogP contribution in [0.3, 0.4) is 0 Å². The maximum absolute atomic E-state index is 12.3. The first-order chi connectivity index (χ1) is 12.2. The van der Waals surface area contributed by atoms with Crippen LogP contribution < -0.4 is 10.1 Å². The highest BCUT2D eigenvalue weighted by Gasteiger charge is 2.11. The van der Waals surface area contributed by atoms with Gasteiger partial charge in [0.2, 0.25) is 5.91 Å². The second-order valence-corrected chi connectivity index (χ2v) is 6.50. The standard InChI is InChI=1S/C17H15ClN4O2S/c1-24-13-3-2-4-14(8-13)25-9-17(23)21-15-7-12(18)5-6-16(15)22-11-19-10-20-22/h2-8,10-11H,9H2,1H3,(H,21,23). The molecule has 8 heteroatoms. The molecule has 0 saturated heterocycles. The molecule has 1 heterocycles. The number of benzene rings is 2. The molecular formula is C17H15ClN4O2S. The Kier molecular flexibility index (Phi) is 5.57. The van der Waals surface area contributed by atoms with Gasteiger partial charge in [0, 0.05) is 9.92 Å². The molecule has 0 bridgehead atoms. The minimum Gasteiger partial charge on any atom is -0.497 e. The summed E-state index contributed by atoms with van der Waals surface area (Å²) in [5, 5.41) is 7.49. The van der Waals surface area contributed by atoms with Crippen LogP contribution >= 0.6 is 23.4 Å². The zero-order valence-electron chi connectivity index (χ0n) is 13.3. The number of carbonyl (C=O) groups is 1. The van der Waals surface area contributed by atoms with Gasteiger partial charge in [0.25, 0.3) is 0 Å². The molecule has 3 aromatic rings. The highest BCUT2D eigenvalue weighted by molar-refractivity contribution is 8.00. The highest BCUT2D eigenvalue weighted by Crippen LogP contribution is 2.26. The van der Waals surface area contributed by atoms with Crippen LogP contribution in [-0.2, 0) is 4.79 Å². The minimum absolute atomic E-state index is 0.142. The lowest BCUT2D eigenvalue weighted by Crippen LogP contribution is -2.16. The lowest BCUT2D eigenvalue weighted by molar-refractivity contribution is -0.113. The minimum atomic E-state index is -0.142. The van der Waals surface area contributed by atoms with Crippen molar-refractivity contribution in [1.29, 1.82) is 0 Å². The van der Waals surface area contributed by atoms with Crippen LogP contribution in [0.5, 0.6) is 5.75 Å². The number of nitrogens with zero attached hydrogens (tertiary/aromatic N) is 3. The molecule has 0 radical (unpaired) electrons. The van der Waals surface area contributed by atoms with E-state index in [-0.39, 0.29) is 11.7 Å². The first-order valence-corrected chi connectivity index (χ1v) is 8.73. The lowest BCUT2D eigenvalue weighted by atomic mass is 10.2. The van der Waals surface area contributed by atoms with Crippen LogP contribution in [0.2, 0.25) is 5.02 Å². The number of ether oxygens (including phenoxy) is 1. The Morgan fingerprint density at radius 3 is 2.96 bits per heavy atom. The molecule has 0 aliphatic heterocycles. The number of aromatic nitrogens is 3. The Bertz CT molecular complexity index is 871. The van der Waals surface area contributed by atoms with E-state index < -0.39 is 0 Å². The number of hydrogen-bond donors (Lipinski definition) is 1. The van der Waals surface area contributed by atoms with Crippen molar-refractivity contribution < 1.29 is 9.53 Å². The Hall–Kier alpha value is -2.51. The normalized spacial score (nSPS) is 10.5. The fourth-order valence-corrected chi connectivity index (χ4v) is 3.08. The second-order valence-electron chi connectivity index (χ2n) is 5.02. The van der Waals surface area contributed by atoms with Crippen molar-refractivity contribution in [2.75, 3.05) is 18.2 Å². The van der Waals surface area contributed by atoms with Gasteiger partial charge in [0.05, 0.1) is 24.2 Å². The van der Waals surface area contributed by atoms with E-state index >= 15 is 0 Å². The van der Waals surface area contributed by atoms with Gasteiger partial charge < -0.3 is 10.1 Å². The summed E-state index contributed by atoms with van der Waals surface area (Å²) in [6.45, 7) is 0. The van der Waals surface area contributed by atoms with Gasteiger partial charge in [0.15, 0.2) is 0 Å². The maximum Gasteiger partial charge on any atom is 0.234 e. The van der Waals surface area contributed by atoms with E-state index in [1.54, 1.807) is 36.3 Å². The molecule has 128 valence electrons. The van der Waals surface area contributed by atoms with Gasteiger partial charge in [-0.05, 0) is 36.4 Å². The van der Waals surface area contributed by atoms with Crippen molar-refractivity contribution in [1.82, 2.24) is 14.8 Å². The van der Waals surface area contributed by atoms with Crippen molar-refractivity contribution in [2.45, 2.75) is 4.90 Å². The molecule has 0 aliphatic carbocycles. The van der Waals surface area contributed by atoms with Crippen LogP contribution in [0, 0.1) is 0 Å². The molecule has 2 aromatic carbocycles. The topological polar surface area (TPSA) is 69.0 Å². The number of carbonyl (C=O) groups excluding carboxylic acids is 1. The van der Waals surface area contributed by atoms with E-state index in [2.05, 4.69) is 15.4 Å². The van der Waals surface area contributed by atoms with Crippen LogP contribution in [0.25, 0.3) is 5.69 Å². The lowest BCUT2D eigenvalue weighted by Gasteiger charge is -2.11. The SMILES string of the molecule is COc1cccc(SCC(=O)Nc2cc(Cl)ccc2-n2cncn2)c1. The molecule has 0 fully saturated rings. The predicted molar refractivity (Wildman–Crippen MR) is 98.7 cm³/mol. The number of methoxy groups -OCH3 is 1. The third-order valence-corrected chi connectivity index (χ3v) is 4.54. The third-order valence-electron chi connectivity index (χ3n) is 3.31. The molecule has 0 aliphatic rings. The highest BCUT2D eigenvalue weighted by atomic mass is 35.5. The molecule has 1 amide bonds. The number of anilines is 1. The fourth-order valence-electron chi connectivity index (χ4n) is 2.17. The van der Waals surface area contributed by atoms with Crippen molar-refractivity contribution in [2.24, 2.45) is 0 Å². The summed E-state index contributed by atoms with van der Waals surface area (Å²) < 4.78 is 6.75. The monoisotopic (exact) mass is 374 g/mol. The second kappa shape index (κ2) is 8.04. The van der Waals surface area contributed by atoms with Gasteiger partial charge in [-0.3, -0.25) is 4.79 Å². The summed E-state index contributed by atoms with van der Waals surface area (Å²) >= 11 is 7.48. The Morgan fingerprint density at radius 2 is 2.20 bits per heavy atom. The van der Waals surface area contributed by atoms with E-state index in [1.165, 1.54) is 18.1 Å². The van der Waals surface area contributed by atoms with Gasteiger partial charge in [-0.25, -0.2) is 9.67 Å². The summed E-state index contributed by atoms with van der Waals surface area (Å²) in [6.07, 6.45) is 2.99. The fraction of sp³-hybridized carbons (Fsp3) is 0.118. The van der Waals surface area contributed by atoms with E-state index in [0.717, 1.165) is 10.6 Å². The van der Waals surface area contributed by atoms with Gasteiger partial charge in [-0.2, -0.15) is 5.10 Å². The first-order valence-electron chi connectivity index (χ1n) is 7.37. The quantitative estimate of drug-likeness (QED) is 0.667. The van der Waals surface area contributed by atoms with Crippen LogP contribution in [0.4, 0.5) is 5.69 Å². The van der Waals surface area contributed by atoms with E-state index in [9.17, 15) is 4.79 Å². The van der Waals surface area contributed by atoms with Crippen LogP contribution in [0.15, 0.2) is 60.0 Å². The molecule has 1 N–H and O–H groups in total. The Labute approximate surface area is 154 Å². The number of amides is 1. The van der Waals surface area contributed by atoms with E-state index in [0.29, 0.717) is 16.4 Å². The molecule has 0 saturated carbocycles. The molecule has 0 spiro atoms. The number of thioether (sulfide) groups is 1. The smallest absolute Gasteiger partial charge is 0.234 e. The number of rotatable bonds is 6. The van der Waals surface area contributed by atoms with Gasteiger partial charge >= 0.3 is 0 Å². The number of hydrogen-bond acceptors (Lipinski definition) is 5. The van der Waals surface area contributed by atoms with E-state index in [4.69, 9.17) is 16.3 Å². The first kappa shape index (κ1) is 17.3.